The van der Waals surface area contributed by atoms with E-state index in [0.29, 0.717) is 6.54 Å². The van der Waals surface area contributed by atoms with Gasteiger partial charge in [0.2, 0.25) is 5.89 Å². The molecule has 1 N–H and O–H groups in total. The Morgan fingerprint density at radius 1 is 1.28 bits per heavy atom. The third-order valence-corrected chi connectivity index (χ3v) is 3.25. The number of aromatic nitrogens is 1. The standard InChI is InChI=1S/C14H17ClN2O/c1-9-11(3)18-14(17-9)8-16-10(2)12-4-6-13(15)7-5-12/h4-7,10,16H,8H2,1-3H3. The molecule has 2 rings (SSSR count). The average molecular weight is 265 g/mol. The highest BCUT2D eigenvalue weighted by molar-refractivity contribution is 6.30. The van der Waals surface area contributed by atoms with Gasteiger partial charge in [0.25, 0.3) is 0 Å². The number of rotatable bonds is 4. The number of nitrogens with one attached hydrogen (secondary N) is 1. The molecule has 0 aliphatic carbocycles. The maximum Gasteiger partial charge on any atom is 0.208 e. The lowest BCUT2D eigenvalue weighted by Crippen LogP contribution is -2.18. The highest BCUT2D eigenvalue weighted by atomic mass is 35.5. The Hall–Kier alpha value is -1.32. The van der Waals surface area contributed by atoms with E-state index >= 15 is 0 Å². The van der Waals surface area contributed by atoms with E-state index in [9.17, 15) is 0 Å². The van der Waals surface area contributed by atoms with Gasteiger partial charge in [-0.2, -0.15) is 0 Å². The van der Waals surface area contributed by atoms with Gasteiger partial charge in [0.1, 0.15) is 5.76 Å². The van der Waals surface area contributed by atoms with E-state index < -0.39 is 0 Å². The summed E-state index contributed by atoms with van der Waals surface area (Å²) in [6.07, 6.45) is 0. The van der Waals surface area contributed by atoms with Crippen LogP contribution in [0.1, 0.15) is 35.9 Å². The average Bonchev–Trinajstić information content (AvgIpc) is 2.67. The molecule has 1 unspecified atom stereocenters. The lowest BCUT2D eigenvalue weighted by atomic mass is 10.1. The predicted molar refractivity (Wildman–Crippen MR) is 72.7 cm³/mol. The molecule has 0 saturated carbocycles. The second kappa shape index (κ2) is 5.55. The minimum absolute atomic E-state index is 0.231. The summed E-state index contributed by atoms with van der Waals surface area (Å²) >= 11 is 5.86. The minimum Gasteiger partial charge on any atom is -0.444 e. The van der Waals surface area contributed by atoms with E-state index in [0.717, 1.165) is 22.4 Å². The summed E-state index contributed by atoms with van der Waals surface area (Å²) < 4.78 is 5.52. The highest BCUT2D eigenvalue weighted by Gasteiger charge is 2.08. The van der Waals surface area contributed by atoms with Crippen molar-refractivity contribution in [2.75, 3.05) is 0 Å². The van der Waals surface area contributed by atoms with Crippen LogP contribution in [0.3, 0.4) is 0 Å². The molecule has 18 heavy (non-hydrogen) atoms. The van der Waals surface area contributed by atoms with E-state index in [-0.39, 0.29) is 6.04 Å². The zero-order valence-corrected chi connectivity index (χ0v) is 11.6. The summed E-state index contributed by atoms with van der Waals surface area (Å²) in [6.45, 7) is 6.60. The maximum absolute atomic E-state index is 5.86. The molecule has 96 valence electrons. The quantitative estimate of drug-likeness (QED) is 0.913. The molecule has 1 heterocycles. The summed E-state index contributed by atoms with van der Waals surface area (Å²) in [4.78, 5) is 4.34. The zero-order valence-electron chi connectivity index (χ0n) is 10.8. The topological polar surface area (TPSA) is 38.1 Å². The van der Waals surface area contributed by atoms with Crippen molar-refractivity contribution in [2.24, 2.45) is 0 Å². The first kappa shape index (κ1) is 13.1. The molecular formula is C14H17ClN2O. The highest BCUT2D eigenvalue weighted by Crippen LogP contribution is 2.17. The Bertz CT molecular complexity index is 500. The fourth-order valence-electron chi connectivity index (χ4n) is 1.72. The first-order valence-electron chi connectivity index (χ1n) is 5.98. The van der Waals surface area contributed by atoms with Gasteiger partial charge in [-0.05, 0) is 38.5 Å². The van der Waals surface area contributed by atoms with Crippen LogP contribution in [-0.4, -0.2) is 4.98 Å². The van der Waals surface area contributed by atoms with Gasteiger partial charge in [-0.25, -0.2) is 4.98 Å². The van der Waals surface area contributed by atoms with Crippen LogP contribution >= 0.6 is 11.6 Å². The molecule has 4 heteroatoms. The van der Waals surface area contributed by atoms with Crippen LogP contribution < -0.4 is 5.32 Å². The number of nitrogens with zero attached hydrogens (tertiary/aromatic N) is 1. The molecule has 0 aliphatic rings. The van der Waals surface area contributed by atoms with Crippen LogP contribution in [0.5, 0.6) is 0 Å². The van der Waals surface area contributed by atoms with Gasteiger partial charge in [0, 0.05) is 11.1 Å². The van der Waals surface area contributed by atoms with Gasteiger partial charge in [-0.15, -0.1) is 0 Å². The third-order valence-electron chi connectivity index (χ3n) is 3.00. The van der Waals surface area contributed by atoms with Crippen LogP contribution in [0, 0.1) is 13.8 Å². The number of benzene rings is 1. The largest absolute Gasteiger partial charge is 0.444 e. The molecule has 0 radical (unpaired) electrons. The van der Waals surface area contributed by atoms with Gasteiger partial charge < -0.3 is 9.73 Å². The molecule has 1 aromatic carbocycles. The van der Waals surface area contributed by atoms with Crippen LogP contribution in [-0.2, 0) is 6.54 Å². The SMILES string of the molecule is Cc1nc(CNC(C)c2ccc(Cl)cc2)oc1C. The van der Waals surface area contributed by atoms with Crippen molar-refractivity contribution in [2.45, 2.75) is 33.4 Å². The third kappa shape index (κ3) is 3.12. The molecule has 0 fully saturated rings. The molecular weight excluding hydrogens is 248 g/mol. The lowest BCUT2D eigenvalue weighted by molar-refractivity contribution is 0.432. The number of aryl methyl sites for hydroxylation is 2. The number of oxazole rings is 1. The number of halogens is 1. The molecule has 0 saturated heterocycles. The van der Waals surface area contributed by atoms with Crippen molar-refractivity contribution in [3.63, 3.8) is 0 Å². The van der Waals surface area contributed by atoms with Crippen molar-refractivity contribution >= 4 is 11.6 Å². The van der Waals surface area contributed by atoms with Gasteiger partial charge >= 0.3 is 0 Å². The summed E-state index contributed by atoms with van der Waals surface area (Å²) in [7, 11) is 0. The Labute approximate surface area is 112 Å². The van der Waals surface area contributed by atoms with Crippen LogP contribution in [0.2, 0.25) is 5.02 Å². The Balaban J connectivity index is 1.95. The second-order valence-electron chi connectivity index (χ2n) is 4.40. The minimum atomic E-state index is 0.231. The van der Waals surface area contributed by atoms with Crippen LogP contribution in [0.15, 0.2) is 28.7 Å². The fourth-order valence-corrected chi connectivity index (χ4v) is 1.85. The Morgan fingerprint density at radius 3 is 2.50 bits per heavy atom. The van der Waals surface area contributed by atoms with Crippen molar-refractivity contribution in [3.8, 4) is 0 Å². The Morgan fingerprint density at radius 2 is 1.94 bits per heavy atom. The van der Waals surface area contributed by atoms with Crippen molar-refractivity contribution < 1.29 is 4.42 Å². The molecule has 3 nitrogen and oxygen atoms in total. The smallest absolute Gasteiger partial charge is 0.208 e. The van der Waals surface area contributed by atoms with Crippen molar-refractivity contribution in [1.82, 2.24) is 10.3 Å². The summed E-state index contributed by atoms with van der Waals surface area (Å²) in [6, 6.07) is 8.07. The lowest BCUT2D eigenvalue weighted by Gasteiger charge is -2.12. The molecule has 0 aliphatic heterocycles. The fraction of sp³-hybridized carbons (Fsp3) is 0.357. The van der Waals surface area contributed by atoms with E-state index in [4.69, 9.17) is 16.0 Å². The van der Waals surface area contributed by atoms with E-state index in [2.05, 4.69) is 17.2 Å². The summed E-state index contributed by atoms with van der Waals surface area (Å²) in [5.41, 5.74) is 2.14. The molecule has 2 aromatic rings. The van der Waals surface area contributed by atoms with Crippen LogP contribution in [0.4, 0.5) is 0 Å². The van der Waals surface area contributed by atoms with Gasteiger partial charge in [-0.3, -0.25) is 0 Å². The molecule has 0 amide bonds. The van der Waals surface area contributed by atoms with E-state index in [1.807, 2.05) is 38.1 Å². The van der Waals surface area contributed by atoms with Gasteiger partial charge in [-0.1, -0.05) is 23.7 Å². The van der Waals surface area contributed by atoms with Crippen molar-refractivity contribution in [3.05, 3.63) is 52.2 Å². The van der Waals surface area contributed by atoms with Crippen molar-refractivity contribution in [1.29, 1.82) is 0 Å². The first-order chi connectivity index (χ1) is 8.56. The molecule has 1 atom stereocenters. The van der Waals surface area contributed by atoms with E-state index in [1.54, 1.807) is 0 Å². The van der Waals surface area contributed by atoms with E-state index in [1.165, 1.54) is 5.56 Å². The van der Waals surface area contributed by atoms with Gasteiger partial charge in [0.05, 0.1) is 12.2 Å². The molecule has 0 spiro atoms. The molecule has 0 bridgehead atoms. The Kier molecular flexibility index (Phi) is 4.04. The number of hydrogen-bond acceptors (Lipinski definition) is 3. The van der Waals surface area contributed by atoms with Gasteiger partial charge in [0.15, 0.2) is 0 Å². The first-order valence-corrected chi connectivity index (χ1v) is 6.36. The summed E-state index contributed by atoms with van der Waals surface area (Å²) in [5, 5.41) is 4.13. The maximum atomic E-state index is 5.86. The monoisotopic (exact) mass is 264 g/mol. The molecule has 1 aromatic heterocycles. The normalized spacial score (nSPS) is 12.7. The predicted octanol–water partition coefficient (Wildman–Crippen LogP) is 3.80. The number of hydrogen-bond donors (Lipinski definition) is 1. The zero-order chi connectivity index (χ0) is 13.1. The summed E-state index contributed by atoms with van der Waals surface area (Å²) in [5.74, 6) is 1.61. The van der Waals surface area contributed by atoms with Crippen LogP contribution in [0.25, 0.3) is 0 Å². The second-order valence-corrected chi connectivity index (χ2v) is 4.84.